The van der Waals surface area contributed by atoms with Crippen molar-refractivity contribution in [1.82, 2.24) is 0 Å². The maximum Gasteiger partial charge on any atom is 0.310 e. The smallest absolute Gasteiger partial charge is 0.310 e. The summed E-state index contributed by atoms with van der Waals surface area (Å²) in [5.74, 6) is -1.14. The maximum absolute atomic E-state index is 12.8. The molecule has 0 bridgehead atoms. The van der Waals surface area contributed by atoms with E-state index in [9.17, 15) is 24.5 Å². The minimum Gasteiger partial charge on any atom is -0.477 e. The Kier molecular flexibility index (Phi) is 4.81. The number of benzene rings is 3. The molecule has 1 aliphatic rings. The van der Waals surface area contributed by atoms with E-state index in [0.29, 0.717) is 16.8 Å². The van der Waals surface area contributed by atoms with E-state index in [1.165, 1.54) is 36.4 Å². The molecule has 3 aromatic rings. The number of ketones is 2. The SMILES string of the molecule is O=C(COc1ccccc1[N+](=O)[O-])Nc1ccc2c(c1)C(=O)c1ccccc1C2=O. The van der Waals surface area contributed by atoms with Crippen molar-refractivity contribution in [2.24, 2.45) is 0 Å². The molecule has 148 valence electrons. The summed E-state index contributed by atoms with van der Waals surface area (Å²) in [5, 5.41) is 13.6. The van der Waals surface area contributed by atoms with Gasteiger partial charge in [-0.05, 0) is 24.3 Å². The van der Waals surface area contributed by atoms with Gasteiger partial charge in [-0.3, -0.25) is 24.5 Å². The van der Waals surface area contributed by atoms with Gasteiger partial charge in [-0.15, -0.1) is 0 Å². The average molecular weight is 402 g/mol. The van der Waals surface area contributed by atoms with E-state index in [0.717, 1.165) is 0 Å². The van der Waals surface area contributed by atoms with E-state index in [4.69, 9.17) is 4.74 Å². The highest BCUT2D eigenvalue weighted by Gasteiger charge is 2.29. The number of para-hydroxylation sites is 2. The standard InChI is InChI=1S/C22H14N2O6/c25-20(12-30-19-8-4-3-7-18(19)24(28)29)23-13-9-10-16-17(11-13)22(27)15-6-2-1-5-14(15)21(16)26/h1-11H,12H2,(H,23,25). The molecule has 3 aromatic carbocycles. The van der Waals surface area contributed by atoms with Gasteiger partial charge < -0.3 is 10.1 Å². The number of carbonyl (C=O) groups excluding carboxylic acids is 3. The van der Waals surface area contributed by atoms with Crippen LogP contribution >= 0.6 is 0 Å². The van der Waals surface area contributed by atoms with Crippen LogP contribution in [0.25, 0.3) is 0 Å². The lowest BCUT2D eigenvalue weighted by Crippen LogP contribution is -2.23. The Bertz CT molecular complexity index is 1220. The number of ether oxygens (including phenoxy) is 1. The molecule has 0 spiro atoms. The Balaban J connectivity index is 1.50. The van der Waals surface area contributed by atoms with Crippen LogP contribution in [0.15, 0.2) is 66.7 Å². The second-order valence-corrected chi connectivity index (χ2v) is 6.53. The molecule has 0 saturated carbocycles. The van der Waals surface area contributed by atoms with E-state index in [-0.39, 0.29) is 34.1 Å². The normalized spacial score (nSPS) is 12.0. The molecule has 1 aliphatic carbocycles. The number of nitrogens with zero attached hydrogens (tertiary/aromatic N) is 1. The van der Waals surface area contributed by atoms with Crippen LogP contribution in [0.3, 0.4) is 0 Å². The van der Waals surface area contributed by atoms with Crippen LogP contribution in [-0.2, 0) is 4.79 Å². The van der Waals surface area contributed by atoms with Gasteiger partial charge >= 0.3 is 5.69 Å². The summed E-state index contributed by atoms with van der Waals surface area (Å²) in [7, 11) is 0. The third kappa shape index (κ3) is 3.42. The lowest BCUT2D eigenvalue weighted by atomic mass is 9.84. The van der Waals surface area contributed by atoms with Crippen LogP contribution < -0.4 is 10.1 Å². The predicted molar refractivity (Wildman–Crippen MR) is 107 cm³/mol. The molecule has 0 saturated heterocycles. The molecular formula is C22H14N2O6. The molecule has 1 N–H and O–H groups in total. The van der Waals surface area contributed by atoms with Crippen LogP contribution in [0, 0.1) is 10.1 Å². The molecule has 0 radical (unpaired) electrons. The Morgan fingerprint density at radius 2 is 1.47 bits per heavy atom. The third-order valence-corrected chi connectivity index (χ3v) is 4.63. The van der Waals surface area contributed by atoms with Crippen molar-refractivity contribution in [3.63, 3.8) is 0 Å². The summed E-state index contributed by atoms with van der Waals surface area (Å²) in [6, 6.07) is 16.7. The highest BCUT2D eigenvalue weighted by atomic mass is 16.6. The number of fused-ring (bicyclic) bond motifs is 2. The Hall–Kier alpha value is -4.33. The summed E-state index contributed by atoms with van der Waals surface area (Å²) in [4.78, 5) is 48.0. The van der Waals surface area contributed by atoms with Gasteiger partial charge in [0.2, 0.25) is 0 Å². The summed E-state index contributed by atoms with van der Waals surface area (Å²) >= 11 is 0. The monoisotopic (exact) mass is 402 g/mol. The van der Waals surface area contributed by atoms with Gasteiger partial charge in [0, 0.05) is 34.0 Å². The van der Waals surface area contributed by atoms with E-state index in [1.54, 1.807) is 30.3 Å². The highest BCUT2D eigenvalue weighted by Crippen LogP contribution is 2.29. The highest BCUT2D eigenvalue weighted by molar-refractivity contribution is 6.28. The van der Waals surface area contributed by atoms with Crippen molar-refractivity contribution in [3.8, 4) is 5.75 Å². The quantitative estimate of drug-likeness (QED) is 0.404. The first-order chi connectivity index (χ1) is 14.5. The minimum atomic E-state index is -0.600. The largest absolute Gasteiger partial charge is 0.477 e. The van der Waals surface area contributed by atoms with Crippen LogP contribution in [-0.4, -0.2) is 29.0 Å². The number of anilines is 1. The molecule has 0 fully saturated rings. The van der Waals surface area contributed by atoms with Crippen LogP contribution in [0.4, 0.5) is 11.4 Å². The predicted octanol–water partition coefficient (Wildman–Crippen LogP) is 3.39. The number of hydrogen-bond acceptors (Lipinski definition) is 6. The second kappa shape index (κ2) is 7.59. The first-order valence-corrected chi connectivity index (χ1v) is 8.94. The van der Waals surface area contributed by atoms with Gasteiger partial charge in [-0.1, -0.05) is 36.4 Å². The Labute approximate surface area is 170 Å². The number of nitrogens with one attached hydrogen (secondary N) is 1. The fourth-order valence-electron chi connectivity index (χ4n) is 3.25. The summed E-state index contributed by atoms with van der Waals surface area (Å²) in [5.41, 5.74) is 1.21. The van der Waals surface area contributed by atoms with Crippen molar-refractivity contribution in [1.29, 1.82) is 0 Å². The average Bonchev–Trinajstić information content (AvgIpc) is 2.76. The van der Waals surface area contributed by atoms with Gasteiger partial charge in [-0.2, -0.15) is 0 Å². The zero-order valence-corrected chi connectivity index (χ0v) is 15.5. The molecule has 0 unspecified atom stereocenters. The van der Waals surface area contributed by atoms with Gasteiger partial charge in [0.05, 0.1) is 4.92 Å². The van der Waals surface area contributed by atoms with Crippen LogP contribution in [0.5, 0.6) is 5.75 Å². The van der Waals surface area contributed by atoms with Gasteiger partial charge in [-0.25, -0.2) is 0 Å². The van der Waals surface area contributed by atoms with Gasteiger partial charge in [0.25, 0.3) is 5.91 Å². The topological polar surface area (TPSA) is 116 Å². The molecule has 8 heteroatoms. The first-order valence-electron chi connectivity index (χ1n) is 8.94. The molecule has 0 aliphatic heterocycles. The van der Waals surface area contributed by atoms with Gasteiger partial charge in [0.1, 0.15) is 0 Å². The molecule has 0 heterocycles. The van der Waals surface area contributed by atoms with Crippen molar-refractivity contribution < 1.29 is 24.0 Å². The molecule has 0 atom stereocenters. The minimum absolute atomic E-state index is 0.0273. The summed E-state index contributed by atoms with van der Waals surface area (Å²) in [6.07, 6.45) is 0. The van der Waals surface area contributed by atoms with Gasteiger partial charge in [0.15, 0.2) is 23.9 Å². The first kappa shape index (κ1) is 19.0. The fraction of sp³-hybridized carbons (Fsp3) is 0.0455. The molecule has 0 aromatic heterocycles. The molecular weight excluding hydrogens is 388 g/mol. The van der Waals surface area contributed by atoms with Crippen molar-refractivity contribution in [2.45, 2.75) is 0 Å². The molecule has 4 rings (SSSR count). The number of nitro groups is 1. The number of carbonyl (C=O) groups is 3. The Morgan fingerprint density at radius 1 is 0.867 bits per heavy atom. The van der Waals surface area contributed by atoms with E-state index < -0.39 is 17.4 Å². The zero-order valence-electron chi connectivity index (χ0n) is 15.5. The van der Waals surface area contributed by atoms with Crippen molar-refractivity contribution in [3.05, 3.63) is 99.1 Å². The second-order valence-electron chi connectivity index (χ2n) is 6.53. The van der Waals surface area contributed by atoms with E-state index in [1.807, 2.05) is 0 Å². The van der Waals surface area contributed by atoms with Crippen LogP contribution in [0.1, 0.15) is 31.8 Å². The number of hydrogen-bond donors (Lipinski definition) is 1. The molecule has 1 amide bonds. The summed E-state index contributed by atoms with van der Waals surface area (Å²) < 4.78 is 5.25. The fourth-order valence-corrected chi connectivity index (χ4v) is 3.25. The van der Waals surface area contributed by atoms with Crippen molar-refractivity contribution >= 4 is 28.8 Å². The zero-order chi connectivity index (χ0) is 21.3. The molecule has 30 heavy (non-hydrogen) atoms. The molecule has 8 nitrogen and oxygen atoms in total. The van der Waals surface area contributed by atoms with Crippen LogP contribution in [0.2, 0.25) is 0 Å². The van der Waals surface area contributed by atoms with Crippen molar-refractivity contribution in [2.75, 3.05) is 11.9 Å². The number of nitro benzene ring substituents is 1. The maximum atomic E-state index is 12.8. The Morgan fingerprint density at radius 3 is 2.17 bits per heavy atom. The lowest BCUT2D eigenvalue weighted by molar-refractivity contribution is -0.385. The van der Waals surface area contributed by atoms with E-state index in [2.05, 4.69) is 5.32 Å². The summed E-state index contributed by atoms with van der Waals surface area (Å²) in [6.45, 7) is -0.461. The van der Waals surface area contributed by atoms with E-state index >= 15 is 0 Å². The number of rotatable bonds is 5. The lowest BCUT2D eigenvalue weighted by Gasteiger charge is -2.18. The third-order valence-electron chi connectivity index (χ3n) is 4.63. The number of amides is 1.